The van der Waals surface area contributed by atoms with Crippen molar-refractivity contribution in [1.82, 2.24) is 15.1 Å². The molecule has 1 aromatic rings. The second-order valence-corrected chi connectivity index (χ2v) is 3.98. The first kappa shape index (κ1) is 9.52. The van der Waals surface area contributed by atoms with E-state index in [0.717, 1.165) is 25.3 Å². The largest absolute Gasteiger partial charge is 0.486 e. The van der Waals surface area contributed by atoms with Gasteiger partial charge in [0.15, 0.2) is 5.75 Å². The lowest BCUT2D eigenvalue weighted by Gasteiger charge is -2.09. The van der Waals surface area contributed by atoms with Gasteiger partial charge in [-0.2, -0.15) is 5.10 Å². The zero-order chi connectivity index (χ0) is 9.97. The van der Waals surface area contributed by atoms with Crippen molar-refractivity contribution < 1.29 is 4.74 Å². The monoisotopic (exact) mass is 195 g/mol. The average Bonchev–Trinajstić information content (AvgIpc) is 2.75. The fourth-order valence-corrected chi connectivity index (χ4v) is 1.59. The van der Waals surface area contributed by atoms with Crippen molar-refractivity contribution in [3.05, 3.63) is 12.4 Å². The molecule has 4 nitrogen and oxygen atoms in total. The third kappa shape index (κ3) is 2.07. The lowest BCUT2D eigenvalue weighted by molar-refractivity contribution is 0.222. The van der Waals surface area contributed by atoms with E-state index in [1.54, 1.807) is 6.20 Å². The van der Waals surface area contributed by atoms with Crippen LogP contribution in [0.4, 0.5) is 0 Å². The summed E-state index contributed by atoms with van der Waals surface area (Å²) in [6, 6.07) is 0.397. The molecule has 1 aliphatic heterocycles. The highest BCUT2D eigenvalue weighted by Crippen LogP contribution is 2.15. The molecule has 0 spiro atoms. The summed E-state index contributed by atoms with van der Waals surface area (Å²) in [6.07, 6.45) is 5.16. The number of hydrogen-bond acceptors (Lipinski definition) is 3. The van der Waals surface area contributed by atoms with Crippen molar-refractivity contribution in [3.63, 3.8) is 0 Å². The molecule has 1 atom stereocenters. The molecule has 1 fully saturated rings. The molecule has 0 radical (unpaired) electrons. The molecule has 78 valence electrons. The van der Waals surface area contributed by atoms with Crippen molar-refractivity contribution in [2.45, 2.75) is 32.4 Å². The van der Waals surface area contributed by atoms with Gasteiger partial charge in [0.1, 0.15) is 6.10 Å². The first-order valence-electron chi connectivity index (χ1n) is 5.17. The van der Waals surface area contributed by atoms with Gasteiger partial charge in [0.2, 0.25) is 0 Å². The van der Waals surface area contributed by atoms with E-state index in [0.29, 0.717) is 12.1 Å². The number of nitrogens with zero attached hydrogens (tertiary/aromatic N) is 2. The summed E-state index contributed by atoms with van der Waals surface area (Å²) in [5.74, 6) is 0.882. The lowest BCUT2D eigenvalue weighted by Crippen LogP contribution is -2.19. The maximum absolute atomic E-state index is 5.76. The minimum atomic E-state index is 0.319. The molecule has 1 saturated heterocycles. The van der Waals surface area contributed by atoms with Gasteiger partial charge in [-0.15, -0.1) is 0 Å². The molecule has 2 rings (SSSR count). The maximum atomic E-state index is 5.76. The van der Waals surface area contributed by atoms with Crippen LogP contribution in [0.2, 0.25) is 0 Å². The van der Waals surface area contributed by atoms with Crippen molar-refractivity contribution in [3.8, 4) is 5.75 Å². The minimum absolute atomic E-state index is 0.319. The molecule has 14 heavy (non-hydrogen) atoms. The summed E-state index contributed by atoms with van der Waals surface area (Å²) in [6.45, 7) is 6.22. The van der Waals surface area contributed by atoms with Crippen molar-refractivity contribution in [2.24, 2.45) is 0 Å². The van der Waals surface area contributed by atoms with E-state index in [4.69, 9.17) is 4.74 Å². The maximum Gasteiger partial charge on any atom is 0.157 e. The first-order valence-corrected chi connectivity index (χ1v) is 5.17. The van der Waals surface area contributed by atoms with Gasteiger partial charge in [-0.1, -0.05) is 0 Å². The van der Waals surface area contributed by atoms with Gasteiger partial charge in [-0.25, -0.2) is 0 Å². The van der Waals surface area contributed by atoms with Crippen molar-refractivity contribution >= 4 is 0 Å². The van der Waals surface area contributed by atoms with Gasteiger partial charge in [-0.3, -0.25) is 4.68 Å². The van der Waals surface area contributed by atoms with E-state index in [1.807, 2.05) is 10.9 Å². The molecule has 4 heteroatoms. The molecule has 1 N–H and O–H groups in total. The summed E-state index contributed by atoms with van der Waals surface area (Å²) < 4.78 is 7.67. The van der Waals surface area contributed by atoms with Gasteiger partial charge in [0, 0.05) is 12.6 Å². The molecule has 0 aliphatic carbocycles. The molecule has 0 amide bonds. The van der Waals surface area contributed by atoms with Gasteiger partial charge >= 0.3 is 0 Å². The highest BCUT2D eigenvalue weighted by atomic mass is 16.5. The lowest BCUT2D eigenvalue weighted by atomic mass is 10.3. The summed E-state index contributed by atoms with van der Waals surface area (Å²) in [5, 5.41) is 7.50. The molecule has 2 heterocycles. The fourth-order valence-electron chi connectivity index (χ4n) is 1.59. The summed E-state index contributed by atoms with van der Waals surface area (Å²) in [4.78, 5) is 0. The molecule has 1 aliphatic rings. The predicted octanol–water partition coefficient (Wildman–Crippen LogP) is 1.20. The SMILES string of the molecule is CC(C)n1cc(O[C@@H]2CCNC2)cn1. The third-order valence-corrected chi connectivity index (χ3v) is 2.42. The van der Waals surface area contributed by atoms with Crippen molar-refractivity contribution in [2.75, 3.05) is 13.1 Å². The van der Waals surface area contributed by atoms with Crippen LogP contribution in [0.5, 0.6) is 5.75 Å². The third-order valence-electron chi connectivity index (χ3n) is 2.42. The Morgan fingerprint density at radius 1 is 1.64 bits per heavy atom. The number of hydrogen-bond donors (Lipinski definition) is 1. The van der Waals surface area contributed by atoms with Gasteiger partial charge in [0.05, 0.1) is 12.4 Å². The van der Waals surface area contributed by atoms with Gasteiger partial charge < -0.3 is 10.1 Å². The number of rotatable bonds is 3. The highest BCUT2D eigenvalue weighted by Gasteiger charge is 2.16. The molecule has 0 saturated carbocycles. The zero-order valence-corrected chi connectivity index (χ0v) is 8.73. The predicted molar refractivity (Wildman–Crippen MR) is 54.5 cm³/mol. The van der Waals surface area contributed by atoms with Crippen LogP contribution in [0, 0.1) is 0 Å². The van der Waals surface area contributed by atoms with Crippen LogP contribution in [0.1, 0.15) is 26.3 Å². The van der Waals surface area contributed by atoms with Crippen LogP contribution >= 0.6 is 0 Å². The van der Waals surface area contributed by atoms with Gasteiger partial charge in [-0.05, 0) is 26.8 Å². The van der Waals surface area contributed by atoms with E-state index >= 15 is 0 Å². The minimum Gasteiger partial charge on any atom is -0.486 e. The second kappa shape index (κ2) is 4.00. The molecule has 0 aromatic carbocycles. The van der Waals surface area contributed by atoms with Crippen LogP contribution in [0.3, 0.4) is 0 Å². The molecule has 0 unspecified atom stereocenters. The number of aromatic nitrogens is 2. The van der Waals surface area contributed by atoms with Crippen LogP contribution < -0.4 is 10.1 Å². The summed E-state index contributed by atoms with van der Waals surface area (Å²) >= 11 is 0. The van der Waals surface area contributed by atoms with E-state index in [2.05, 4.69) is 24.3 Å². The molecular weight excluding hydrogens is 178 g/mol. The number of ether oxygens (including phenoxy) is 1. The Morgan fingerprint density at radius 3 is 3.07 bits per heavy atom. The fraction of sp³-hybridized carbons (Fsp3) is 0.700. The Balaban J connectivity index is 1.95. The van der Waals surface area contributed by atoms with Gasteiger partial charge in [0.25, 0.3) is 0 Å². The van der Waals surface area contributed by atoms with E-state index in [1.165, 1.54) is 0 Å². The Kier molecular flexibility index (Phi) is 2.72. The highest BCUT2D eigenvalue weighted by molar-refractivity contribution is 5.12. The smallest absolute Gasteiger partial charge is 0.157 e. The molecule has 1 aromatic heterocycles. The Morgan fingerprint density at radius 2 is 2.50 bits per heavy atom. The van der Waals surface area contributed by atoms with Crippen LogP contribution in [0.15, 0.2) is 12.4 Å². The van der Waals surface area contributed by atoms with Crippen LogP contribution in [-0.4, -0.2) is 29.0 Å². The van der Waals surface area contributed by atoms with Crippen LogP contribution in [-0.2, 0) is 0 Å². The van der Waals surface area contributed by atoms with E-state index in [9.17, 15) is 0 Å². The topological polar surface area (TPSA) is 39.1 Å². The Labute approximate surface area is 84.3 Å². The second-order valence-electron chi connectivity index (χ2n) is 3.98. The normalized spacial score (nSPS) is 21.8. The Hall–Kier alpha value is -1.03. The van der Waals surface area contributed by atoms with Crippen molar-refractivity contribution in [1.29, 1.82) is 0 Å². The van der Waals surface area contributed by atoms with E-state index in [-0.39, 0.29) is 0 Å². The summed E-state index contributed by atoms with van der Waals surface area (Å²) in [7, 11) is 0. The van der Waals surface area contributed by atoms with Crippen LogP contribution in [0.25, 0.3) is 0 Å². The summed E-state index contributed by atoms with van der Waals surface area (Å²) in [5.41, 5.74) is 0. The molecule has 0 bridgehead atoms. The first-order chi connectivity index (χ1) is 6.75. The zero-order valence-electron chi connectivity index (χ0n) is 8.73. The standard InChI is InChI=1S/C10H17N3O/c1-8(2)13-7-10(6-12-13)14-9-3-4-11-5-9/h6-9,11H,3-5H2,1-2H3/t9-/m1/s1. The molecular formula is C10H17N3O. The number of nitrogens with one attached hydrogen (secondary N) is 1. The average molecular weight is 195 g/mol. The van der Waals surface area contributed by atoms with E-state index < -0.39 is 0 Å². The Bertz CT molecular complexity index is 289. The quantitative estimate of drug-likeness (QED) is 0.787.